The number of fused-ring (bicyclic) bond motifs is 2. The predicted molar refractivity (Wildman–Crippen MR) is 92.1 cm³/mol. The Hall–Kier alpha value is -3.20. The minimum Gasteiger partial charge on any atom is -0.323 e. The smallest absolute Gasteiger partial charge is 0.269 e. The molecule has 0 unspecified atom stereocenters. The lowest BCUT2D eigenvalue weighted by Gasteiger charge is -2.30. The summed E-state index contributed by atoms with van der Waals surface area (Å²) in [6, 6.07) is 12.5. The van der Waals surface area contributed by atoms with E-state index in [4.69, 9.17) is 0 Å². The van der Waals surface area contributed by atoms with Crippen LogP contribution >= 0.6 is 0 Å². The van der Waals surface area contributed by atoms with Crippen molar-refractivity contribution in [1.29, 1.82) is 0 Å². The maximum Gasteiger partial charge on any atom is 0.269 e. The zero-order chi connectivity index (χ0) is 18.5. The van der Waals surface area contributed by atoms with Gasteiger partial charge >= 0.3 is 0 Å². The summed E-state index contributed by atoms with van der Waals surface area (Å²) in [4.78, 5) is 38.1. The summed E-state index contributed by atoms with van der Waals surface area (Å²) in [5, 5.41) is 2.65. The number of carbonyl (C=O) groups is 3. The lowest BCUT2D eigenvalue weighted by molar-refractivity contribution is -0.121. The number of nitrogens with one attached hydrogen (secondary N) is 1. The molecule has 0 radical (unpaired) electrons. The van der Waals surface area contributed by atoms with Gasteiger partial charge in [0.25, 0.3) is 15.9 Å². The van der Waals surface area contributed by atoms with Crippen LogP contribution in [0.3, 0.4) is 0 Å². The number of para-hydroxylation sites is 2. The zero-order valence-corrected chi connectivity index (χ0v) is 14.2. The van der Waals surface area contributed by atoms with Crippen molar-refractivity contribution in [3.63, 3.8) is 0 Å². The first-order valence-electron chi connectivity index (χ1n) is 7.75. The van der Waals surface area contributed by atoms with Gasteiger partial charge in [0.2, 0.25) is 11.8 Å². The predicted octanol–water partition coefficient (Wildman–Crippen LogP) is 0.816. The van der Waals surface area contributed by atoms with E-state index in [9.17, 15) is 22.8 Å². The highest BCUT2D eigenvalue weighted by atomic mass is 32.2. The maximum atomic E-state index is 12.7. The van der Waals surface area contributed by atoms with Crippen LogP contribution in [0.25, 0.3) is 0 Å². The van der Waals surface area contributed by atoms with Crippen LogP contribution in [0.15, 0.2) is 53.4 Å². The Morgan fingerprint density at radius 2 is 1.73 bits per heavy atom. The molecular formula is C17H13N3O5S. The molecule has 2 aromatic rings. The molecule has 0 atom stereocenters. The molecule has 0 saturated heterocycles. The van der Waals surface area contributed by atoms with Crippen LogP contribution in [0.4, 0.5) is 11.4 Å². The molecule has 0 bridgehead atoms. The molecule has 2 aliphatic rings. The maximum absolute atomic E-state index is 12.7. The Balaban J connectivity index is 1.66. The van der Waals surface area contributed by atoms with Gasteiger partial charge in [0, 0.05) is 0 Å². The van der Waals surface area contributed by atoms with Crippen LogP contribution < -0.4 is 10.2 Å². The zero-order valence-electron chi connectivity index (χ0n) is 13.4. The largest absolute Gasteiger partial charge is 0.323 e. The van der Waals surface area contributed by atoms with Gasteiger partial charge in [-0.05, 0) is 24.3 Å². The summed E-state index contributed by atoms with van der Waals surface area (Å²) in [5.41, 5.74) is 0.951. The topological polar surface area (TPSA) is 104 Å². The number of amides is 3. The molecule has 9 heteroatoms. The summed E-state index contributed by atoms with van der Waals surface area (Å²) in [7, 11) is -4.08. The van der Waals surface area contributed by atoms with Gasteiger partial charge in [-0.2, -0.15) is 0 Å². The number of hydrogen-bond acceptors (Lipinski definition) is 5. The molecule has 0 saturated carbocycles. The van der Waals surface area contributed by atoms with Gasteiger partial charge in [0.05, 0.1) is 16.9 Å². The standard InChI is InChI=1S/C17H13N3O5S/c21-15-9-19(13-7-3-2-6-12(13)18-15)16(22)10-20-17(23)11-5-1-4-8-14(11)26(20,24)25/h1-8H,9-10H2,(H,18,21). The average Bonchev–Trinajstić information content (AvgIpc) is 2.82. The second-order valence-corrected chi connectivity index (χ2v) is 7.69. The molecule has 4 rings (SSSR count). The van der Waals surface area contributed by atoms with E-state index in [0.29, 0.717) is 15.7 Å². The van der Waals surface area contributed by atoms with E-state index in [-0.39, 0.29) is 17.0 Å². The molecule has 132 valence electrons. The third-order valence-corrected chi connectivity index (χ3v) is 6.05. The lowest BCUT2D eigenvalue weighted by atomic mass is 10.2. The van der Waals surface area contributed by atoms with Gasteiger partial charge in [-0.3, -0.25) is 19.3 Å². The molecular weight excluding hydrogens is 358 g/mol. The van der Waals surface area contributed by atoms with Crippen LogP contribution in [0, 0.1) is 0 Å². The SMILES string of the molecule is O=C1CN(C(=O)CN2C(=O)c3ccccc3S2(=O)=O)c2ccccc2N1. The highest BCUT2D eigenvalue weighted by Gasteiger charge is 2.43. The first kappa shape index (κ1) is 16.3. The van der Waals surface area contributed by atoms with Crippen molar-refractivity contribution in [2.45, 2.75) is 4.90 Å². The van der Waals surface area contributed by atoms with E-state index >= 15 is 0 Å². The van der Waals surface area contributed by atoms with Gasteiger partial charge in [-0.15, -0.1) is 0 Å². The summed E-state index contributed by atoms with van der Waals surface area (Å²) < 4.78 is 25.7. The molecule has 0 spiro atoms. The highest BCUT2D eigenvalue weighted by molar-refractivity contribution is 7.90. The monoisotopic (exact) mass is 371 g/mol. The van der Waals surface area contributed by atoms with Crippen molar-refractivity contribution < 1.29 is 22.8 Å². The Morgan fingerprint density at radius 3 is 2.50 bits per heavy atom. The van der Waals surface area contributed by atoms with Gasteiger partial charge in [0.15, 0.2) is 0 Å². The van der Waals surface area contributed by atoms with Crippen LogP contribution in [0.5, 0.6) is 0 Å². The lowest BCUT2D eigenvalue weighted by Crippen LogP contribution is -2.47. The Kier molecular flexibility index (Phi) is 3.55. The van der Waals surface area contributed by atoms with E-state index in [1.165, 1.54) is 23.1 Å². The number of hydrogen-bond donors (Lipinski definition) is 1. The van der Waals surface area contributed by atoms with Gasteiger partial charge in [-0.1, -0.05) is 24.3 Å². The van der Waals surface area contributed by atoms with Crippen molar-refractivity contribution in [3.05, 3.63) is 54.1 Å². The molecule has 0 aliphatic carbocycles. The van der Waals surface area contributed by atoms with Crippen molar-refractivity contribution in [2.24, 2.45) is 0 Å². The summed E-state index contributed by atoms with van der Waals surface area (Å²) >= 11 is 0. The molecule has 3 amide bonds. The average molecular weight is 371 g/mol. The third-order valence-electron chi connectivity index (χ3n) is 4.26. The fraction of sp³-hybridized carbons (Fsp3) is 0.118. The second kappa shape index (κ2) is 5.67. The Morgan fingerprint density at radius 1 is 1.04 bits per heavy atom. The summed E-state index contributed by atoms with van der Waals surface area (Å²) in [5.74, 6) is -1.79. The van der Waals surface area contributed by atoms with Crippen molar-refractivity contribution >= 4 is 39.1 Å². The fourth-order valence-corrected chi connectivity index (χ4v) is 4.57. The van der Waals surface area contributed by atoms with Gasteiger partial charge in [0.1, 0.15) is 18.0 Å². The molecule has 0 aromatic heterocycles. The minimum atomic E-state index is -4.08. The number of rotatable bonds is 2. The number of carbonyl (C=O) groups excluding carboxylic acids is 3. The van der Waals surface area contributed by atoms with Crippen molar-refractivity contribution in [3.8, 4) is 0 Å². The Bertz CT molecular complexity index is 1060. The minimum absolute atomic E-state index is 0.0390. The quantitative estimate of drug-likeness (QED) is 0.842. The summed E-state index contributed by atoms with van der Waals surface area (Å²) in [6.45, 7) is -0.914. The number of benzene rings is 2. The van der Waals surface area contributed by atoms with Crippen LogP contribution in [-0.2, 0) is 19.6 Å². The van der Waals surface area contributed by atoms with Crippen LogP contribution in [0.2, 0.25) is 0 Å². The summed E-state index contributed by atoms with van der Waals surface area (Å²) in [6.07, 6.45) is 0. The molecule has 1 N–H and O–H groups in total. The van der Waals surface area contributed by atoms with E-state index in [1.807, 2.05) is 0 Å². The Labute approximate surface area is 149 Å². The number of sulfonamides is 1. The number of anilines is 2. The second-order valence-electron chi connectivity index (χ2n) is 5.86. The normalized spacial score (nSPS) is 17.5. The van der Waals surface area contributed by atoms with E-state index in [0.717, 1.165) is 0 Å². The van der Waals surface area contributed by atoms with Gasteiger partial charge < -0.3 is 5.32 Å². The van der Waals surface area contributed by atoms with E-state index in [2.05, 4.69) is 5.32 Å². The molecule has 0 fully saturated rings. The van der Waals surface area contributed by atoms with Gasteiger partial charge in [-0.25, -0.2) is 12.7 Å². The first-order valence-corrected chi connectivity index (χ1v) is 9.19. The van der Waals surface area contributed by atoms with Crippen LogP contribution in [-0.4, -0.2) is 43.5 Å². The molecule has 26 heavy (non-hydrogen) atoms. The van der Waals surface area contributed by atoms with E-state index in [1.54, 1.807) is 30.3 Å². The van der Waals surface area contributed by atoms with Crippen LogP contribution in [0.1, 0.15) is 10.4 Å². The molecule has 2 aromatic carbocycles. The van der Waals surface area contributed by atoms with E-state index < -0.39 is 34.3 Å². The first-order chi connectivity index (χ1) is 12.4. The molecule has 2 aliphatic heterocycles. The molecule has 8 nitrogen and oxygen atoms in total. The van der Waals surface area contributed by atoms with Crippen molar-refractivity contribution in [1.82, 2.24) is 4.31 Å². The fourth-order valence-electron chi connectivity index (χ4n) is 3.05. The molecule has 2 heterocycles. The highest BCUT2D eigenvalue weighted by Crippen LogP contribution is 2.32. The third kappa shape index (κ3) is 2.36. The number of nitrogens with zero attached hydrogens (tertiary/aromatic N) is 2. The van der Waals surface area contributed by atoms with Crippen molar-refractivity contribution in [2.75, 3.05) is 23.3 Å².